The highest BCUT2D eigenvalue weighted by Gasteiger charge is 2.11. The first-order valence-corrected chi connectivity index (χ1v) is 7.06. The minimum absolute atomic E-state index is 0.674. The molecule has 0 aliphatic rings. The Balaban J connectivity index is 2.23. The Bertz CT molecular complexity index is 485. The van der Waals surface area contributed by atoms with E-state index >= 15 is 0 Å². The molecule has 2 heterocycles. The molecule has 0 amide bonds. The average Bonchev–Trinajstić information content (AvgIpc) is 2.79. The molecule has 0 unspecified atom stereocenters. The molecule has 17 heavy (non-hydrogen) atoms. The molecule has 0 aromatic carbocycles. The van der Waals surface area contributed by atoms with Crippen LogP contribution in [-0.2, 0) is 6.54 Å². The Kier molecular flexibility index (Phi) is 4.02. The second-order valence-corrected chi connectivity index (χ2v) is 5.55. The zero-order chi connectivity index (χ0) is 12.3. The van der Waals surface area contributed by atoms with Crippen LogP contribution in [0.5, 0.6) is 0 Å². The lowest BCUT2D eigenvalue weighted by Crippen LogP contribution is -2.23. The van der Waals surface area contributed by atoms with Gasteiger partial charge in [0.25, 0.3) is 0 Å². The van der Waals surface area contributed by atoms with Gasteiger partial charge in [0.15, 0.2) is 0 Å². The van der Waals surface area contributed by atoms with Gasteiger partial charge in [-0.05, 0) is 40.4 Å². The molecule has 0 bridgehead atoms. The predicted molar refractivity (Wildman–Crippen MR) is 77.4 cm³/mol. The van der Waals surface area contributed by atoms with Crippen molar-refractivity contribution in [3.05, 3.63) is 39.1 Å². The third kappa shape index (κ3) is 2.98. The molecule has 0 saturated heterocycles. The van der Waals surface area contributed by atoms with Crippen LogP contribution in [0.3, 0.4) is 0 Å². The van der Waals surface area contributed by atoms with Crippen LogP contribution < -0.4 is 10.6 Å². The first kappa shape index (κ1) is 12.4. The molecule has 0 atom stereocenters. The summed E-state index contributed by atoms with van der Waals surface area (Å²) in [6.45, 7) is 3.91. The van der Waals surface area contributed by atoms with Crippen LogP contribution in [0, 0.1) is 0 Å². The van der Waals surface area contributed by atoms with E-state index in [0.717, 1.165) is 23.4 Å². The summed E-state index contributed by atoms with van der Waals surface area (Å²) in [7, 11) is 0. The number of nitrogens with two attached hydrogens (primary N) is 1. The second-order valence-electron chi connectivity index (χ2n) is 3.67. The zero-order valence-corrected chi connectivity index (χ0v) is 12.0. The summed E-state index contributed by atoms with van der Waals surface area (Å²) < 4.78 is 0.941. The number of thiophene rings is 1. The number of nitrogen functional groups attached to an aromatic ring is 1. The minimum Gasteiger partial charge on any atom is -0.397 e. The molecular weight excluding hydrogens is 298 g/mol. The van der Waals surface area contributed by atoms with Crippen LogP contribution in [0.25, 0.3) is 0 Å². The van der Waals surface area contributed by atoms with Gasteiger partial charge in [-0.3, -0.25) is 0 Å². The van der Waals surface area contributed by atoms with Gasteiger partial charge in [-0.1, -0.05) is 6.07 Å². The van der Waals surface area contributed by atoms with Crippen LogP contribution in [0.15, 0.2) is 34.2 Å². The normalized spacial score (nSPS) is 10.5. The summed E-state index contributed by atoms with van der Waals surface area (Å²) in [5.41, 5.74) is 6.37. The summed E-state index contributed by atoms with van der Waals surface area (Å²) in [4.78, 5) is 7.94. The summed E-state index contributed by atoms with van der Waals surface area (Å²) in [6, 6.07) is 6.09. The van der Waals surface area contributed by atoms with Crippen molar-refractivity contribution in [1.29, 1.82) is 0 Å². The fourth-order valence-electron chi connectivity index (χ4n) is 1.61. The van der Waals surface area contributed by atoms with E-state index in [0.29, 0.717) is 5.69 Å². The molecule has 5 heteroatoms. The first-order chi connectivity index (χ1) is 8.20. The second kappa shape index (κ2) is 5.51. The molecule has 2 aromatic rings. The molecule has 2 rings (SSSR count). The maximum Gasteiger partial charge on any atom is 0.143 e. The summed E-state index contributed by atoms with van der Waals surface area (Å²) >= 11 is 5.27. The SMILES string of the molecule is CCN(Cc1cccs1)c1ncc(N)cc1Br. The number of hydrogen-bond donors (Lipinski definition) is 1. The number of nitrogens with zero attached hydrogens (tertiary/aromatic N) is 2. The van der Waals surface area contributed by atoms with E-state index in [-0.39, 0.29) is 0 Å². The Morgan fingerprint density at radius 1 is 1.53 bits per heavy atom. The molecule has 2 N–H and O–H groups in total. The van der Waals surface area contributed by atoms with Crippen molar-refractivity contribution in [3.8, 4) is 0 Å². The summed E-state index contributed by atoms with van der Waals surface area (Å²) in [5, 5.41) is 2.09. The lowest BCUT2D eigenvalue weighted by Gasteiger charge is -2.22. The highest BCUT2D eigenvalue weighted by Crippen LogP contribution is 2.27. The largest absolute Gasteiger partial charge is 0.397 e. The van der Waals surface area contributed by atoms with Crippen LogP contribution in [-0.4, -0.2) is 11.5 Å². The quantitative estimate of drug-likeness (QED) is 0.939. The van der Waals surface area contributed by atoms with E-state index < -0.39 is 0 Å². The molecule has 0 fully saturated rings. The van der Waals surface area contributed by atoms with Crippen LogP contribution in [0.1, 0.15) is 11.8 Å². The van der Waals surface area contributed by atoms with E-state index in [9.17, 15) is 0 Å². The third-order valence-electron chi connectivity index (χ3n) is 2.45. The molecule has 0 saturated carbocycles. The van der Waals surface area contributed by atoms with E-state index in [1.165, 1.54) is 4.88 Å². The Morgan fingerprint density at radius 3 is 2.94 bits per heavy atom. The summed E-state index contributed by atoms with van der Waals surface area (Å²) in [5.74, 6) is 0.940. The zero-order valence-electron chi connectivity index (χ0n) is 9.56. The van der Waals surface area contributed by atoms with Crippen molar-refractivity contribution < 1.29 is 0 Å². The summed E-state index contributed by atoms with van der Waals surface area (Å²) in [6.07, 6.45) is 1.69. The van der Waals surface area contributed by atoms with Crippen LogP contribution in [0.4, 0.5) is 11.5 Å². The van der Waals surface area contributed by atoms with E-state index in [4.69, 9.17) is 5.73 Å². The monoisotopic (exact) mass is 311 g/mol. The maximum atomic E-state index is 5.70. The standard InChI is InChI=1S/C12H14BrN3S/c1-2-16(8-10-4-3-5-17-10)12-11(13)6-9(14)7-15-12/h3-7H,2,8,14H2,1H3. The van der Waals surface area contributed by atoms with Gasteiger partial charge < -0.3 is 10.6 Å². The highest BCUT2D eigenvalue weighted by molar-refractivity contribution is 9.10. The van der Waals surface area contributed by atoms with E-state index in [2.05, 4.69) is 50.3 Å². The first-order valence-electron chi connectivity index (χ1n) is 5.39. The van der Waals surface area contributed by atoms with Gasteiger partial charge in [0, 0.05) is 11.4 Å². The number of halogens is 1. The Hall–Kier alpha value is -1.07. The maximum absolute atomic E-state index is 5.70. The van der Waals surface area contributed by atoms with Gasteiger partial charge in [0.1, 0.15) is 5.82 Å². The smallest absolute Gasteiger partial charge is 0.143 e. The molecule has 0 radical (unpaired) electrons. The number of anilines is 2. The van der Waals surface area contributed by atoms with Gasteiger partial charge >= 0.3 is 0 Å². The van der Waals surface area contributed by atoms with Crippen molar-refractivity contribution in [2.24, 2.45) is 0 Å². The Labute approximate surface area is 113 Å². The number of aromatic nitrogens is 1. The highest BCUT2D eigenvalue weighted by atomic mass is 79.9. The van der Waals surface area contributed by atoms with Gasteiger partial charge in [-0.15, -0.1) is 11.3 Å². The molecule has 90 valence electrons. The number of rotatable bonds is 4. The van der Waals surface area contributed by atoms with Gasteiger partial charge in [0.05, 0.1) is 22.9 Å². The van der Waals surface area contributed by atoms with Crippen LogP contribution in [0.2, 0.25) is 0 Å². The fourth-order valence-corrected chi connectivity index (χ4v) is 2.94. The molecule has 0 spiro atoms. The van der Waals surface area contributed by atoms with Gasteiger partial charge in [0.2, 0.25) is 0 Å². The van der Waals surface area contributed by atoms with Crippen molar-refractivity contribution in [2.75, 3.05) is 17.2 Å². The topological polar surface area (TPSA) is 42.2 Å². The van der Waals surface area contributed by atoms with Crippen LogP contribution >= 0.6 is 27.3 Å². The van der Waals surface area contributed by atoms with Gasteiger partial charge in [-0.2, -0.15) is 0 Å². The molecule has 3 nitrogen and oxygen atoms in total. The fraction of sp³-hybridized carbons (Fsp3) is 0.250. The van der Waals surface area contributed by atoms with Crippen molar-refractivity contribution in [3.63, 3.8) is 0 Å². The van der Waals surface area contributed by atoms with E-state index in [1.807, 2.05) is 6.07 Å². The third-order valence-corrected chi connectivity index (χ3v) is 3.90. The average molecular weight is 312 g/mol. The molecule has 2 aromatic heterocycles. The minimum atomic E-state index is 0.674. The molecule has 0 aliphatic heterocycles. The molecular formula is C12H14BrN3S. The number of pyridine rings is 1. The van der Waals surface area contributed by atoms with Crippen molar-refractivity contribution >= 4 is 38.8 Å². The van der Waals surface area contributed by atoms with Crippen molar-refractivity contribution in [1.82, 2.24) is 4.98 Å². The Morgan fingerprint density at radius 2 is 2.35 bits per heavy atom. The van der Waals surface area contributed by atoms with Crippen molar-refractivity contribution in [2.45, 2.75) is 13.5 Å². The lowest BCUT2D eigenvalue weighted by atomic mass is 10.3. The molecule has 0 aliphatic carbocycles. The predicted octanol–water partition coefficient (Wildman–Crippen LogP) is 3.51. The number of hydrogen-bond acceptors (Lipinski definition) is 4. The van der Waals surface area contributed by atoms with E-state index in [1.54, 1.807) is 17.5 Å². The lowest BCUT2D eigenvalue weighted by molar-refractivity contribution is 0.820. The van der Waals surface area contributed by atoms with Gasteiger partial charge in [-0.25, -0.2) is 4.98 Å².